The number of hydrogen-bond acceptors (Lipinski definition) is 5. The topological polar surface area (TPSA) is 101 Å². The molecule has 0 saturated heterocycles. The molecule has 0 saturated carbocycles. The van der Waals surface area contributed by atoms with Crippen molar-refractivity contribution in [3.63, 3.8) is 0 Å². The minimum absolute atomic E-state index is 0.0248. The number of Topliss-reactive ketones (excluding diaryl/α,β-unsaturated/α-hetero) is 1. The van der Waals surface area contributed by atoms with Gasteiger partial charge in [-0.25, -0.2) is 0 Å². The van der Waals surface area contributed by atoms with Crippen LogP contribution in [0.25, 0.3) is 0 Å². The lowest BCUT2D eigenvalue weighted by Crippen LogP contribution is -2.33. The van der Waals surface area contributed by atoms with Crippen LogP contribution in [0.15, 0.2) is 0 Å². The zero-order valence-corrected chi connectivity index (χ0v) is 8.08. The van der Waals surface area contributed by atoms with Crippen molar-refractivity contribution in [2.24, 2.45) is 5.73 Å². The molecule has 0 aliphatic heterocycles. The number of aliphatic hydroxyl groups excluding tert-OH is 1. The number of ketones is 1. The Balaban J connectivity index is 3.63. The van der Waals surface area contributed by atoms with E-state index in [1.165, 1.54) is 6.92 Å². The van der Waals surface area contributed by atoms with Crippen LogP contribution in [0.4, 0.5) is 0 Å². The normalized spacial score (nSPS) is 15.0. The van der Waals surface area contributed by atoms with Crippen LogP contribution in [0, 0.1) is 0 Å². The maximum atomic E-state index is 10.5. The summed E-state index contributed by atoms with van der Waals surface area (Å²) in [7, 11) is 0. The first-order chi connectivity index (χ1) is 5.93. The summed E-state index contributed by atoms with van der Waals surface area (Å²) < 4.78 is 0. The summed E-state index contributed by atoms with van der Waals surface area (Å²) >= 11 is 0.970. The highest BCUT2D eigenvalue weighted by molar-refractivity contribution is 7.99. The molecule has 0 aromatic rings. The van der Waals surface area contributed by atoms with Crippen molar-refractivity contribution in [2.45, 2.75) is 24.8 Å². The van der Waals surface area contributed by atoms with E-state index in [4.69, 9.17) is 15.9 Å². The van der Waals surface area contributed by atoms with E-state index in [1.54, 1.807) is 0 Å². The number of aliphatic hydroxyl groups is 1. The Labute approximate surface area is 80.3 Å². The van der Waals surface area contributed by atoms with Crippen LogP contribution >= 0.6 is 11.8 Å². The Morgan fingerprint density at radius 1 is 1.54 bits per heavy atom. The van der Waals surface area contributed by atoms with E-state index < -0.39 is 17.4 Å². The summed E-state index contributed by atoms with van der Waals surface area (Å²) in [5.41, 5.74) is 4.32. The van der Waals surface area contributed by atoms with Crippen LogP contribution in [-0.2, 0) is 9.59 Å². The third kappa shape index (κ3) is 6.56. The molecule has 0 aliphatic rings. The first-order valence-corrected chi connectivity index (χ1v) is 4.76. The molecule has 0 aliphatic carbocycles. The lowest BCUT2D eigenvalue weighted by atomic mass is 10.3. The van der Waals surface area contributed by atoms with E-state index in [2.05, 4.69) is 0 Å². The first-order valence-electron chi connectivity index (χ1n) is 3.71. The average Bonchev–Trinajstić information content (AvgIpc) is 1.98. The molecule has 6 heteroatoms. The molecule has 76 valence electrons. The van der Waals surface area contributed by atoms with E-state index in [0.717, 1.165) is 11.8 Å². The van der Waals surface area contributed by atoms with Crippen molar-refractivity contribution in [3.05, 3.63) is 0 Å². The Kier molecular flexibility index (Phi) is 5.68. The van der Waals surface area contributed by atoms with E-state index in [0.29, 0.717) is 0 Å². The third-order valence-electron chi connectivity index (χ3n) is 1.25. The fourth-order valence-electron chi connectivity index (χ4n) is 0.591. The molecule has 0 spiro atoms. The van der Waals surface area contributed by atoms with Crippen molar-refractivity contribution in [2.75, 3.05) is 5.75 Å². The summed E-state index contributed by atoms with van der Waals surface area (Å²) in [6.07, 6.45) is 0.0248. The van der Waals surface area contributed by atoms with Crippen molar-refractivity contribution >= 4 is 23.5 Å². The van der Waals surface area contributed by atoms with Crippen molar-refractivity contribution in [1.29, 1.82) is 0 Å². The summed E-state index contributed by atoms with van der Waals surface area (Å²) in [5.74, 6) is -1.14. The van der Waals surface area contributed by atoms with Crippen LogP contribution in [0.2, 0.25) is 0 Å². The number of carbonyl (C=O) groups is 2. The van der Waals surface area contributed by atoms with E-state index in [9.17, 15) is 9.59 Å². The number of nitrogens with two attached hydrogens (primary N) is 1. The summed E-state index contributed by atoms with van der Waals surface area (Å²) in [4.78, 5) is 20.8. The molecular formula is C7H13NO4S. The molecule has 0 amide bonds. The van der Waals surface area contributed by atoms with Gasteiger partial charge in [0.25, 0.3) is 0 Å². The molecule has 13 heavy (non-hydrogen) atoms. The Bertz CT molecular complexity index is 197. The van der Waals surface area contributed by atoms with Gasteiger partial charge in [0.05, 0.1) is 0 Å². The standard InChI is InChI=1S/C7H13NO4S/c1-4(9)2-6(10)13-3-5(8)7(11)12/h5-6,10H,2-3,8H2,1H3,(H,11,12). The van der Waals surface area contributed by atoms with Gasteiger partial charge in [0.1, 0.15) is 17.3 Å². The highest BCUT2D eigenvalue weighted by Gasteiger charge is 2.15. The van der Waals surface area contributed by atoms with E-state index >= 15 is 0 Å². The van der Waals surface area contributed by atoms with Gasteiger partial charge >= 0.3 is 5.97 Å². The predicted molar refractivity (Wildman–Crippen MR) is 49.4 cm³/mol. The number of thioether (sulfide) groups is 1. The number of carboxylic acids is 1. The largest absolute Gasteiger partial charge is 0.480 e. The minimum Gasteiger partial charge on any atom is -0.480 e. The van der Waals surface area contributed by atoms with Gasteiger partial charge in [-0.3, -0.25) is 9.59 Å². The molecule has 2 unspecified atom stereocenters. The SMILES string of the molecule is CC(=O)CC(O)SCC(N)C(=O)O. The Morgan fingerprint density at radius 3 is 2.46 bits per heavy atom. The van der Waals surface area contributed by atoms with Gasteiger partial charge in [-0.1, -0.05) is 0 Å². The van der Waals surface area contributed by atoms with E-state index in [-0.39, 0.29) is 18.0 Å². The number of hydrogen-bond donors (Lipinski definition) is 3. The highest BCUT2D eigenvalue weighted by Crippen LogP contribution is 2.12. The molecule has 0 bridgehead atoms. The van der Waals surface area contributed by atoms with Crippen molar-refractivity contribution in [1.82, 2.24) is 0 Å². The second kappa shape index (κ2) is 5.95. The Morgan fingerprint density at radius 2 is 2.08 bits per heavy atom. The molecule has 4 N–H and O–H groups in total. The van der Waals surface area contributed by atoms with Gasteiger partial charge in [-0.05, 0) is 6.92 Å². The minimum atomic E-state index is -1.11. The first kappa shape index (κ1) is 12.4. The molecule has 5 nitrogen and oxygen atoms in total. The number of carboxylic acid groups (broad SMARTS) is 1. The third-order valence-corrected chi connectivity index (χ3v) is 2.35. The number of rotatable bonds is 6. The predicted octanol–water partition coefficient (Wildman–Crippen LogP) is -0.571. The summed E-state index contributed by atoms with van der Waals surface area (Å²) in [6, 6.07) is -0.994. The molecule has 0 aromatic carbocycles. The average molecular weight is 207 g/mol. The highest BCUT2D eigenvalue weighted by atomic mass is 32.2. The van der Waals surface area contributed by atoms with Crippen molar-refractivity contribution < 1.29 is 19.8 Å². The van der Waals surface area contributed by atoms with Crippen LogP contribution in [0.1, 0.15) is 13.3 Å². The number of aliphatic carboxylic acids is 1. The smallest absolute Gasteiger partial charge is 0.321 e. The summed E-state index contributed by atoms with van der Waals surface area (Å²) in [5, 5.41) is 17.5. The van der Waals surface area contributed by atoms with Gasteiger partial charge in [0.15, 0.2) is 0 Å². The zero-order chi connectivity index (χ0) is 10.4. The van der Waals surface area contributed by atoms with Crippen LogP contribution < -0.4 is 5.73 Å². The fourth-order valence-corrected chi connectivity index (χ4v) is 1.52. The molecule has 0 radical (unpaired) electrons. The quantitative estimate of drug-likeness (QED) is 0.504. The van der Waals surface area contributed by atoms with Gasteiger partial charge in [-0.2, -0.15) is 0 Å². The van der Waals surface area contributed by atoms with Crippen molar-refractivity contribution in [3.8, 4) is 0 Å². The fraction of sp³-hybridized carbons (Fsp3) is 0.714. The Hall–Kier alpha value is -0.590. The number of carbonyl (C=O) groups excluding carboxylic acids is 1. The van der Waals surface area contributed by atoms with Crippen LogP contribution in [-0.4, -0.2) is 39.2 Å². The zero-order valence-electron chi connectivity index (χ0n) is 7.27. The molecule has 0 heterocycles. The lowest BCUT2D eigenvalue weighted by molar-refractivity contribution is -0.137. The van der Waals surface area contributed by atoms with Gasteiger partial charge in [0.2, 0.25) is 0 Å². The maximum Gasteiger partial charge on any atom is 0.321 e. The maximum absolute atomic E-state index is 10.5. The molecule has 0 aromatic heterocycles. The van der Waals surface area contributed by atoms with Crippen LogP contribution in [0.5, 0.6) is 0 Å². The summed E-state index contributed by atoms with van der Waals surface area (Å²) in [6.45, 7) is 1.36. The van der Waals surface area contributed by atoms with Gasteiger partial charge in [-0.15, -0.1) is 11.8 Å². The second-order valence-electron chi connectivity index (χ2n) is 2.64. The second-order valence-corrected chi connectivity index (χ2v) is 3.85. The molecule has 0 rings (SSSR count). The van der Waals surface area contributed by atoms with Crippen LogP contribution in [0.3, 0.4) is 0 Å². The molecule has 0 fully saturated rings. The van der Waals surface area contributed by atoms with Gasteiger partial charge < -0.3 is 15.9 Å². The van der Waals surface area contributed by atoms with Gasteiger partial charge in [0, 0.05) is 12.2 Å². The molecule has 2 atom stereocenters. The molecular weight excluding hydrogens is 194 g/mol. The van der Waals surface area contributed by atoms with E-state index in [1.807, 2.05) is 0 Å². The lowest BCUT2D eigenvalue weighted by Gasteiger charge is -2.10. The monoisotopic (exact) mass is 207 g/mol.